The summed E-state index contributed by atoms with van der Waals surface area (Å²) >= 11 is 0. The molecule has 21 heavy (non-hydrogen) atoms. The molecule has 1 N–H and O–H groups in total. The van der Waals surface area contributed by atoms with Crippen LogP contribution in [-0.2, 0) is 16.1 Å². The number of hydrogen-bond donors (Lipinski definition) is 1. The average molecular weight is 292 g/mol. The van der Waals surface area contributed by atoms with Gasteiger partial charge in [-0.3, -0.25) is 0 Å². The van der Waals surface area contributed by atoms with Gasteiger partial charge in [-0.2, -0.15) is 0 Å². The molecule has 1 fully saturated rings. The van der Waals surface area contributed by atoms with Gasteiger partial charge >= 0.3 is 0 Å². The van der Waals surface area contributed by atoms with E-state index >= 15 is 0 Å². The summed E-state index contributed by atoms with van der Waals surface area (Å²) in [6.45, 7) is 9.21. The SMILES string of the molecule is CC[C@@H](C)C1OC(O)C(OCc2ccccc2)[C@@H](C)[C@@H]1C. The predicted molar refractivity (Wildman–Crippen MR) is 83.7 cm³/mol. The Labute approximate surface area is 128 Å². The highest BCUT2D eigenvalue weighted by Gasteiger charge is 2.42. The van der Waals surface area contributed by atoms with Crippen molar-refractivity contribution in [2.24, 2.45) is 17.8 Å². The van der Waals surface area contributed by atoms with Gasteiger partial charge in [0.2, 0.25) is 0 Å². The third-order valence-electron chi connectivity index (χ3n) is 4.93. The largest absolute Gasteiger partial charge is 0.368 e. The van der Waals surface area contributed by atoms with Crippen molar-refractivity contribution in [1.82, 2.24) is 0 Å². The van der Waals surface area contributed by atoms with E-state index < -0.39 is 6.29 Å². The highest BCUT2D eigenvalue weighted by molar-refractivity contribution is 5.13. The van der Waals surface area contributed by atoms with Crippen LogP contribution in [0.4, 0.5) is 0 Å². The molecule has 0 radical (unpaired) electrons. The van der Waals surface area contributed by atoms with Crippen molar-refractivity contribution < 1.29 is 14.6 Å². The monoisotopic (exact) mass is 292 g/mol. The van der Waals surface area contributed by atoms with Gasteiger partial charge in [-0.25, -0.2) is 0 Å². The quantitative estimate of drug-likeness (QED) is 0.901. The molecular formula is C18H28O3. The Bertz CT molecular complexity index is 420. The second-order valence-electron chi connectivity index (χ2n) is 6.36. The van der Waals surface area contributed by atoms with Crippen molar-refractivity contribution in [3.63, 3.8) is 0 Å². The van der Waals surface area contributed by atoms with E-state index in [0.29, 0.717) is 18.4 Å². The fourth-order valence-electron chi connectivity index (χ4n) is 3.11. The molecule has 0 aromatic heterocycles. The maximum Gasteiger partial charge on any atom is 0.181 e. The second-order valence-corrected chi connectivity index (χ2v) is 6.36. The van der Waals surface area contributed by atoms with Crippen molar-refractivity contribution >= 4 is 0 Å². The number of ether oxygens (including phenoxy) is 2. The molecular weight excluding hydrogens is 264 g/mol. The molecule has 1 heterocycles. The molecule has 3 heteroatoms. The Hall–Kier alpha value is -0.900. The van der Waals surface area contributed by atoms with Gasteiger partial charge in [-0.1, -0.05) is 64.4 Å². The Morgan fingerprint density at radius 1 is 1.19 bits per heavy atom. The van der Waals surface area contributed by atoms with Gasteiger partial charge in [-0.05, 0) is 23.3 Å². The highest BCUT2D eigenvalue weighted by atomic mass is 16.6. The summed E-state index contributed by atoms with van der Waals surface area (Å²) in [5.41, 5.74) is 1.12. The normalized spacial score (nSPS) is 34.6. The maximum atomic E-state index is 10.3. The van der Waals surface area contributed by atoms with E-state index in [-0.39, 0.29) is 18.1 Å². The Balaban J connectivity index is 1.98. The first kappa shape index (κ1) is 16.5. The van der Waals surface area contributed by atoms with Gasteiger partial charge in [0.1, 0.15) is 6.10 Å². The lowest BCUT2D eigenvalue weighted by Crippen LogP contribution is -2.52. The summed E-state index contributed by atoms with van der Waals surface area (Å²) in [4.78, 5) is 0. The predicted octanol–water partition coefficient (Wildman–Crippen LogP) is 3.61. The molecule has 0 bridgehead atoms. The van der Waals surface area contributed by atoms with E-state index in [2.05, 4.69) is 27.7 Å². The molecule has 1 aliphatic rings. The van der Waals surface area contributed by atoms with Crippen LogP contribution in [0.25, 0.3) is 0 Å². The summed E-state index contributed by atoms with van der Waals surface area (Å²) in [5, 5.41) is 10.3. The maximum absolute atomic E-state index is 10.3. The first-order valence-corrected chi connectivity index (χ1v) is 8.03. The molecule has 1 saturated heterocycles. The Morgan fingerprint density at radius 2 is 1.86 bits per heavy atom. The van der Waals surface area contributed by atoms with Crippen LogP contribution >= 0.6 is 0 Å². The summed E-state index contributed by atoms with van der Waals surface area (Å²) < 4.78 is 11.8. The summed E-state index contributed by atoms with van der Waals surface area (Å²) in [5.74, 6) is 1.10. The first-order valence-electron chi connectivity index (χ1n) is 8.03. The Kier molecular flexibility index (Phi) is 5.80. The lowest BCUT2D eigenvalue weighted by atomic mass is 9.78. The minimum atomic E-state index is -0.834. The fraction of sp³-hybridized carbons (Fsp3) is 0.667. The zero-order chi connectivity index (χ0) is 15.4. The van der Waals surface area contributed by atoms with Crippen LogP contribution < -0.4 is 0 Å². The van der Waals surface area contributed by atoms with Crippen molar-refractivity contribution in [2.45, 2.75) is 59.2 Å². The summed E-state index contributed by atoms with van der Waals surface area (Å²) in [6.07, 6.45) is 0.0697. The van der Waals surface area contributed by atoms with Gasteiger partial charge in [0, 0.05) is 0 Å². The van der Waals surface area contributed by atoms with Crippen molar-refractivity contribution in [1.29, 1.82) is 0 Å². The highest BCUT2D eigenvalue weighted by Crippen LogP contribution is 2.36. The van der Waals surface area contributed by atoms with Crippen LogP contribution in [0.3, 0.4) is 0 Å². The second kappa shape index (κ2) is 7.39. The standard InChI is InChI=1S/C18H28O3/c1-5-12(2)16-13(3)14(4)17(18(19)21-16)20-11-15-9-7-6-8-10-15/h6-10,12-14,16-19H,5,11H2,1-4H3/t12-,13+,14+,16?,17?,18?/m1/s1. The van der Waals surface area contributed by atoms with E-state index in [1.165, 1.54) is 0 Å². The molecule has 1 aromatic carbocycles. The third-order valence-corrected chi connectivity index (χ3v) is 4.93. The number of aliphatic hydroxyl groups excluding tert-OH is 1. The van der Waals surface area contributed by atoms with E-state index in [9.17, 15) is 5.11 Å². The number of benzene rings is 1. The fourth-order valence-corrected chi connectivity index (χ4v) is 3.11. The number of hydrogen-bond acceptors (Lipinski definition) is 3. The molecule has 1 aliphatic heterocycles. The minimum Gasteiger partial charge on any atom is -0.368 e. The Morgan fingerprint density at radius 3 is 2.48 bits per heavy atom. The number of rotatable bonds is 5. The van der Waals surface area contributed by atoms with E-state index in [1.54, 1.807) is 0 Å². The zero-order valence-electron chi connectivity index (χ0n) is 13.5. The molecule has 118 valence electrons. The lowest BCUT2D eigenvalue weighted by Gasteiger charge is -2.44. The van der Waals surface area contributed by atoms with Crippen LogP contribution in [0.5, 0.6) is 0 Å². The van der Waals surface area contributed by atoms with Gasteiger partial charge in [-0.15, -0.1) is 0 Å². The van der Waals surface area contributed by atoms with E-state index in [0.717, 1.165) is 12.0 Å². The third kappa shape index (κ3) is 3.85. The van der Waals surface area contributed by atoms with Crippen LogP contribution in [-0.4, -0.2) is 23.6 Å². The van der Waals surface area contributed by atoms with Crippen molar-refractivity contribution in [2.75, 3.05) is 0 Å². The van der Waals surface area contributed by atoms with Crippen LogP contribution in [0, 0.1) is 17.8 Å². The van der Waals surface area contributed by atoms with Crippen LogP contribution in [0.15, 0.2) is 30.3 Å². The molecule has 0 saturated carbocycles. The number of aliphatic hydroxyl groups is 1. The molecule has 3 unspecified atom stereocenters. The minimum absolute atomic E-state index is 0.108. The van der Waals surface area contributed by atoms with E-state index in [1.807, 2.05) is 30.3 Å². The molecule has 2 rings (SSSR count). The van der Waals surface area contributed by atoms with Crippen LogP contribution in [0.1, 0.15) is 39.7 Å². The van der Waals surface area contributed by atoms with Crippen molar-refractivity contribution in [3.8, 4) is 0 Å². The average Bonchev–Trinajstić information content (AvgIpc) is 2.51. The molecule has 0 amide bonds. The summed E-state index contributed by atoms with van der Waals surface area (Å²) in [6, 6.07) is 10.1. The molecule has 3 nitrogen and oxygen atoms in total. The smallest absolute Gasteiger partial charge is 0.181 e. The van der Waals surface area contributed by atoms with Gasteiger partial charge < -0.3 is 14.6 Å². The van der Waals surface area contributed by atoms with Gasteiger partial charge in [0.05, 0.1) is 12.7 Å². The zero-order valence-corrected chi connectivity index (χ0v) is 13.5. The summed E-state index contributed by atoms with van der Waals surface area (Å²) in [7, 11) is 0. The van der Waals surface area contributed by atoms with Crippen molar-refractivity contribution in [3.05, 3.63) is 35.9 Å². The lowest BCUT2D eigenvalue weighted by molar-refractivity contribution is -0.273. The van der Waals surface area contributed by atoms with E-state index in [4.69, 9.17) is 9.47 Å². The van der Waals surface area contributed by atoms with Crippen LogP contribution in [0.2, 0.25) is 0 Å². The first-order chi connectivity index (χ1) is 10.0. The molecule has 0 spiro atoms. The van der Waals surface area contributed by atoms with Gasteiger partial charge in [0.15, 0.2) is 6.29 Å². The topological polar surface area (TPSA) is 38.7 Å². The van der Waals surface area contributed by atoms with Gasteiger partial charge in [0.25, 0.3) is 0 Å². The molecule has 1 aromatic rings. The molecule has 6 atom stereocenters. The molecule has 0 aliphatic carbocycles.